The highest BCUT2D eigenvalue weighted by atomic mass is 16.2. The summed E-state index contributed by atoms with van der Waals surface area (Å²) in [6.07, 6.45) is 4.95. The summed E-state index contributed by atoms with van der Waals surface area (Å²) in [6.45, 7) is 10.2. The van der Waals surface area contributed by atoms with Crippen LogP contribution in [-0.2, 0) is 9.59 Å². The van der Waals surface area contributed by atoms with Crippen molar-refractivity contribution >= 4 is 11.7 Å². The van der Waals surface area contributed by atoms with Crippen molar-refractivity contribution in [3.05, 3.63) is 0 Å². The molecule has 23 heavy (non-hydrogen) atoms. The molecule has 0 bridgehead atoms. The first kappa shape index (κ1) is 19.7. The Balaban J connectivity index is 2.11. The van der Waals surface area contributed by atoms with Crippen LogP contribution in [0.3, 0.4) is 0 Å². The van der Waals surface area contributed by atoms with E-state index in [1.807, 2.05) is 18.7 Å². The molecule has 0 spiro atoms. The molecule has 0 atom stereocenters. The number of nitrogens with zero attached hydrogens (tertiary/aromatic N) is 2. The first-order valence-electron chi connectivity index (χ1n) is 9.03. The van der Waals surface area contributed by atoms with Gasteiger partial charge >= 0.3 is 0 Å². The summed E-state index contributed by atoms with van der Waals surface area (Å²) in [5, 5.41) is 0. The molecule has 4 nitrogen and oxygen atoms in total. The lowest BCUT2D eigenvalue weighted by Crippen LogP contribution is -2.48. The second-order valence-corrected chi connectivity index (χ2v) is 6.55. The number of hydrogen-bond acceptors (Lipinski definition) is 3. The second kappa shape index (κ2) is 11.2. The lowest BCUT2D eigenvalue weighted by atomic mass is 10.0. The quantitative estimate of drug-likeness (QED) is 0.510. The molecular weight excluding hydrogens is 288 g/mol. The molecule has 0 unspecified atom stereocenters. The number of carbonyl (C=O) groups is 2. The lowest BCUT2D eigenvalue weighted by Gasteiger charge is -2.33. The summed E-state index contributed by atoms with van der Waals surface area (Å²) in [6, 6.07) is 0. The molecule has 1 fully saturated rings. The van der Waals surface area contributed by atoms with Crippen LogP contribution < -0.4 is 0 Å². The highest BCUT2D eigenvalue weighted by Crippen LogP contribution is 2.10. The van der Waals surface area contributed by atoms with Crippen LogP contribution in [0, 0.1) is 17.8 Å². The molecule has 0 aromatic carbocycles. The Morgan fingerprint density at radius 3 is 2.22 bits per heavy atom. The molecule has 1 aliphatic rings. The van der Waals surface area contributed by atoms with Crippen molar-refractivity contribution in [3.63, 3.8) is 0 Å². The predicted molar refractivity (Wildman–Crippen MR) is 94.0 cm³/mol. The number of amides is 1. The number of unbranched alkanes of at least 4 members (excludes halogenated alkanes) is 2. The van der Waals surface area contributed by atoms with Crippen LogP contribution in [0.25, 0.3) is 0 Å². The zero-order valence-electron chi connectivity index (χ0n) is 15.1. The van der Waals surface area contributed by atoms with E-state index in [-0.39, 0.29) is 11.8 Å². The number of piperazine rings is 1. The number of rotatable bonds is 8. The van der Waals surface area contributed by atoms with Gasteiger partial charge in [0.1, 0.15) is 5.78 Å². The van der Waals surface area contributed by atoms with Gasteiger partial charge in [0.05, 0.1) is 6.54 Å². The molecule has 0 radical (unpaired) electrons. The van der Waals surface area contributed by atoms with Gasteiger partial charge < -0.3 is 4.90 Å². The van der Waals surface area contributed by atoms with E-state index in [9.17, 15) is 9.59 Å². The van der Waals surface area contributed by atoms with Gasteiger partial charge in [-0.05, 0) is 12.8 Å². The monoisotopic (exact) mass is 320 g/mol. The maximum absolute atomic E-state index is 12.2. The Hall–Kier alpha value is -1.34. The third kappa shape index (κ3) is 8.18. The van der Waals surface area contributed by atoms with Crippen molar-refractivity contribution < 1.29 is 9.59 Å². The predicted octanol–water partition coefficient (Wildman–Crippen LogP) is 2.72. The summed E-state index contributed by atoms with van der Waals surface area (Å²) < 4.78 is 0. The summed E-state index contributed by atoms with van der Waals surface area (Å²) in [5.41, 5.74) is 0. The van der Waals surface area contributed by atoms with Crippen LogP contribution in [0.2, 0.25) is 0 Å². The standard InChI is InChI=1S/C19H32N2O2/c1-4-5-9-12-20-13-15-21(16-14-20)19(23)11-8-6-7-10-18(22)17(2)3/h17H,4,6-8,10-16H2,1-3H3. The number of Topliss-reactive ketones (excluding diaryl/α,β-unsaturated/α-hetero) is 1. The molecule has 130 valence electrons. The lowest BCUT2D eigenvalue weighted by molar-refractivity contribution is -0.133. The van der Waals surface area contributed by atoms with Crippen LogP contribution in [0.4, 0.5) is 0 Å². The third-order valence-corrected chi connectivity index (χ3v) is 4.29. The number of ketones is 1. The van der Waals surface area contributed by atoms with Gasteiger partial charge in [-0.25, -0.2) is 0 Å². The van der Waals surface area contributed by atoms with Crippen LogP contribution in [0.5, 0.6) is 0 Å². The molecule has 1 rings (SSSR count). The molecule has 4 heteroatoms. The van der Waals surface area contributed by atoms with Gasteiger partial charge in [-0.3, -0.25) is 14.5 Å². The number of carbonyl (C=O) groups excluding carboxylic acids is 2. The van der Waals surface area contributed by atoms with Gasteiger partial charge in [0, 0.05) is 51.4 Å². The van der Waals surface area contributed by atoms with E-state index in [1.54, 1.807) is 0 Å². The average Bonchev–Trinajstić information content (AvgIpc) is 2.55. The normalized spacial score (nSPS) is 15.4. The second-order valence-electron chi connectivity index (χ2n) is 6.55. The van der Waals surface area contributed by atoms with Crippen molar-refractivity contribution in [2.75, 3.05) is 32.7 Å². The Morgan fingerprint density at radius 2 is 1.61 bits per heavy atom. The zero-order valence-corrected chi connectivity index (χ0v) is 15.1. The van der Waals surface area contributed by atoms with Crippen molar-refractivity contribution in [3.8, 4) is 11.8 Å². The van der Waals surface area contributed by atoms with E-state index in [4.69, 9.17) is 0 Å². The maximum Gasteiger partial charge on any atom is 0.222 e. The van der Waals surface area contributed by atoms with E-state index in [2.05, 4.69) is 23.7 Å². The molecule has 1 aliphatic heterocycles. The minimum Gasteiger partial charge on any atom is -0.340 e. The molecule has 0 aliphatic carbocycles. The van der Waals surface area contributed by atoms with E-state index in [0.717, 1.165) is 58.4 Å². The van der Waals surface area contributed by atoms with E-state index < -0.39 is 0 Å². The molecule has 0 N–H and O–H groups in total. The maximum atomic E-state index is 12.2. The topological polar surface area (TPSA) is 40.6 Å². The highest BCUT2D eigenvalue weighted by molar-refractivity contribution is 5.80. The minimum atomic E-state index is 0.134. The molecule has 1 amide bonds. The molecule has 1 saturated heterocycles. The Labute approximate surface area is 141 Å². The van der Waals surface area contributed by atoms with Crippen molar-refractivity contribution in [1.82, 2.24) is 9.80 Å². The van der Waals surface area contributed by atoms with E-state index >= 15 is 0 Å². The fraction of sp³-hybridized carbons (Fsp3) is 0.789. The summed E-state index contributed by atoms with van der Waals surface area (Å²) >= 11 is 0. The largest absolute Gasteiger partial charge is 0.340 e. The van der Waals surface area contributed by atoms with Gasteiger partial charge in [0.2, 0.25) is 5.91 Å². The van der Waals surface area contributed by atoms with E-state index in [0.29, 0.717) is 18.6 Å². The smallest absolute Gasteiger partial charge is 0.222 e. The van der Waals surface area contributed by atoms with Crippen LogP contribution in [-0.4, -0.2) is 54.2 Å². The van der Waals surface area contributed by atoms with Gasteiger partial charge in [-0.2, -0.15) is 0 Å². The Bertz CT molecular complexity index is 426. The first-order chi connectivity index (χ1) is 11.0. The van der Waals surface area contributed by atoms with E-state index in [1.165, 1.54) is 0 Å². The molecule has 0 saturated carbocycles. The average molecular weight is 320 g/mol. The summed E-state index contributed by atoms with van der Waals surface area (Å²) in [5.74, 6) is 6.98. The van der Waals surface area contributed by atoms with Gasteiger partial charge in [-0.1, -0.05) is 33.1 Å². The van der Waals surface area contributed by atoms with Crippen LogP contribution >= 0.6 is 0 Å². The van der Waals surface area contributed by atoms with Crippen molar-refractivity contribution in [2.45, 2.75) is 59.3 Å². The third-order valence-electron chi connectivity index (χ3n) is 4.29. The highest BCUT2D eigenvalue weighted by Gasteiger charge is 2.19. The first-order valence-corrected chi connectivity index (χ1v) is 9.03. The summed E-state index contributed by atoms with van der Waals surface area (Å²) in [7, 11) is 0. The van der Waals surface area contributed by atoms with Crippen LogP contribution in [0.15, 0.2) is 0 Å². The van der Waals surface area contributed by atoms with Gasteiger partial charge in [0.15, 0.2) is 0 Å². The Kier molecular flexibility index (Phi) is 9.63. The molecular formula is C19H32N2O2. The fourth-order valence-corrected chi connectivity index (χ4v) is 2.65. The van der Waals surface area contributed by atoms with Crippen molar-refractivity contribution in [2.24, 2.45) is 5.92 Å². The molecule has 0 aromatic heterocycles. The van der Waals surface area contributed by atoms with Gasteiger partial charge in [-0.15, -0.1) is 5.92 Å². The van der Waals surface area contributed by atoms with Gasteiger partial charge in [0.25, 0.3) is 0 Å². The Morgan fingerprint density at radius 1 is 0.957 bits per heavy atom. The number of hydrogen-bond donors (Lipinski definition) is 0. The van der Waals surface area contributed by atoms with Crippen LogP contribution in [0.1, 0.15) is 59.3 Å². The molecule has 0 aromatic rings. The summed E-state index contributed by atoms with van der Waals surface area (Å²) in [4.78, 5) is 28.0. The zero-order chi connectivity index (χ0) is 17.1. The fourth-order valence-electron chi connectivity index (χ4n) is 2.65. The van der Waals surface area contributed by atoms with Crippen molar-refractivity contribution in [1.29, 1.82) is 0 Å². The molecule has 1 heterocycles. The minimum absolute atomic E-state index is 0.134. The SMILES string of the molecule is CCC#CCN1CCN(C(=O)CCCCCC(=O)C(C)C)CC1.